The molecule has 3 aliphatic heterocycles. The summed E-state index contributed by atoms with van der Waals surface area (Å²) in [6.45, 7) is 1.63. The maximum atomic E-state index is 11.0. The zero-order chi connectivity index (χ0) is 19.8. The van der Waals surface area contributed by atoms with E-state index in [2.05, 4.69) is 4.74 Å². The minimum Gasteiger partial charge on any atom is -0.434 e. The number of carbonyl (C=O) groups excluding carboxylic acids is 3. The SMILES string of the molecule is O=C1OCC(COCC(COCC2COC(=O)O2)OCC2COC(=O)O2)CO1. The third kappa shape index (κ3) is 6.69. The van der Waals surface area contributed by atoms with E-state index in [1.807, 2.05) is 0 Å². The molecule has 0 aromatic carbocycles. The molecule has 3 aliphatic rings. The highest BCUT2D eigenvalue weighted by Gasteiger charge is 2.28. The van der Waals surface area contributed by atoms with Crippen LogP contribution in [0.3, 0.4) is 0 Å². The molecule has 3 heterocycles. The number of ether oxygens (including phenoxy) is 9. The fourth-order valence-corrected chi connectivity index (χ4v) is 2.54. The zero-order valence-electron chi connectivity index (χ0n) is 15.1. The average molecular weight is 406 g/mol. The summed E-state index contributed by atoms with van der Waals surface area (Å²) in [6, 6.07) is 0. The third-order valence-electron chi connectivity index (χ3n) is 3.96. The van der Waals surface area contributed by atoms with Gasteiger partial charge in [-0.2, -0.15) is 0 Å². The van der Waals surface area contributed by atoms with Gasteiger partial charge in [-0.3, -0.25) is 0 Å². The molecule has 12 nitrogen and oxygen atoms in total. The molecule has 3 saturated heterocycles. The van der Waals surface area contributed by atoms with Crippen LogP contribution >= 0.6 is 0 Å². The Kier molecular flexibility index (Phi) is 7.51. The lowest BCUT2D eigenvalue weighted by Crippen LogP contribution is -2.34. The van der Waals surface area contributed by atoms with E-state index < -0.39 is 36.8 Å². The molecule has 3 unspecified atom stereocenters. The summed E-state index contributed by atoms with van der Waals surface area (Å²) in [5, 5.41) is 0. The molecule has 158 valence electrons. The van der Waals surface area contributed by atoms with Gasteiger partial charge in [-0.05, 0) is 0 Å². The summed E-state index contributed by atoms with van der Waals surface area (Å²) >= 11 is 0. The summed E-state index contributed by atoms with van der Waals surface area (Å²) in [5.41, 5.74) is 0. The molecule has 0 N–H and O–H groups in total. The molecule has 0 aliphatic carbocycles. The van der Waals surface area contributed by atoms with Crippen LogP contribution in [0.1, 0.15) is 0 Å². The first kappa shape index (κ1) is 20.4. The van der Waals surface area contributed by atoms with Crippen LogP contribution in [0.15, 0.2) is 0 Å². The van der Waals surface area contributed by atoms with E-state index in [1.165, 1.54) is 0 Å². The fraction of sp³-hybridized carbons (Fsp3) is 0.812. The lowest BCUT2D eigenvalue weighted by molar-refractivity contribution is -0.0965. The Hall–Kier alpha value is -2.31. The second kappa shape index (κ2) is 10.3. The van der Waals surface area contributed by atoms with Crippen LogP contribution in [0.2, 0.25) is 0 Å². The topological polar surface area (TPSA) is 134 Å². The number of hydrogen-bond acceptors (Lipinski definition) is 12. The van der Waals surface area contributed by atoms with E-state index in [-0.39, 0.29) is 58.8 Å². The predicted molar refractivity (Wildman–Crippen MR) is 84.6 cm³/mol. The molecular formula is C16H22O12. The summed E-state index contributed by atoms with van der Waals surface area (Å²) in [7, 11) is 0. The maximum absolute atomic E-state index is 11.0. The van der Waals surface area contributed by atoms with Gasteiger partial charge < -0.3 is 42.6 Å². The standard InChI is InChI=1S/C16H22O12/c17-14-23-2-10(3-24-14)1-20-4-11(22-7-13-9-26-16(19)28-13)5-21-6-12-8-25-15(18)27-12/h10-13H,1-9H2. The van der Waals surface area contributed by atoms with Gasteiger partial charge in [0, 0.05) is 0 Å². The number of hydrogen-bond donors (Lipinski definition) is 0. The quantitative estimate of drug-likeness (QED) is 0.344. The van der Waals surface area contributed by atoms with Crippen LogP contribution in [0, 0.1) is 5.92 Å². The van der Waals surface area contributed by atoms with E-state index in [0.717, 1.165) is 0 Å². The molecule has 12 heteroatoms. The Balaban J connectivity index is 1.36. The lowest BCUT2D eigenvalue weighted by Gasteiger charge is -2.24. The molecule has 0 spiro atoms. The Morgan fingerprint density at radius 3 is 1.82 bits per heavy atom. The highest BCUT2D eigenvalue weighted by atomic mass is 16.8. The molecule has 28 heavy (non-hydrogen) atoms. The Morgan fingerprint density at radius 1 is 0.714 bits per heavy atom. The molecule has 0 saturated carbocycles. The van der Waals surface area contributed by atoms with Crippen LogP contribution in [-0.4, -0.2) is 96.2 Å². The molecule has 3 rings (SSSR count). The van der Waals surface area contributed by atoms with Crippen molar-refractivity contribution in [3.8, 4) is 0 Å². The van der Waals surface area contributed by atoms with Crippen LogP contribution in [0.4, 0.5) is 14.4 Å². The summed E-state index contributed by atoms with van der Waals surface area (Å²) in [4.78, 5) is 32.7. The van der Waals surface area contributed by atoms with Crippen LogP contribution in [0.25, 0.3) is 0 Å². The molecule has 3 atom stereocenters. The van der Waals surface area contributed by atoms with Crippen molar-refractivity contribution >= 4 is 18.5 Å². The van der Waals surface area contributed by atoms with Gasteiger partial charge in [0.1, 0.15) is 32.5 Å². The van der Waals surface area contributed by atoms with Crippen molar-refractivity contribution < 1.29 is 57.0 Å². The largest absolute Gasteiger partial charge is 0.508 e. The number of cyclic esters (lactones) is 6. The predicted octanol–water partition coefficient (Wildman–Crippen LogP) is 0.259. The van der Waals surface area contributed by atoms with Crippen molar-refractivity contribution in [2.45, 2.75) is 18.3 Å². The third-order valence-corrected chi connectivity index (χ3v) is 3.96. The summed E-state index contributed by atoms with van der Waals surface area (Å²) in [5.74, 6) is -0.0708. The molecule has 3 fully saturated rings. The van der Waals surface area contributed by atoms with Gasteiger partial charge in [-0.15, -0.1) is 0 Å². The van der Waals surface area contributed by atoms with Crippen LogP contribution in [0.5, 0.6) is 0 Å². The van der Waals surface area contributed by atoms with Gasteiger partial charge in [-0.1, -0.05) is 0 Å². The van der Waals surface area contributed by atoms with E-state index in [1.54, 1.807) is 0 Å². The van der Waals surface area contributed by atoms with Gasteiger partial charge in [0.2, 0.25) is 0 Å². The van der Waals surface area contributed by atoms with Crippen molar-refractivity contribution in [2.24, 2.45) is 5.92 Å². The summed E-state index contributed by atoms with van der Waals surface area (Å²) < 4.78 is 45.6. The Labute approximate surface area is 160 Å². The van der Waals surface area contributed by atoms with Crippen molar-refractivity contribution in [1.29, 1.82) is 0 Å². The van der Waals surface area contributed by atoms with Crippen molar-refractivity contribution in [3.63, 3.8) is 0 Å². The fourth-order valence-electron chi connectivity index (χ4n) is 2.54. The van der Waals surface area contributed by atoms with Crippen molar-refractivity contribution in [1.82, 2.24) is 0 Å². The van der Waals surface area contributed by atoms with E-state index in [0.29, 0.717) is 6.61 Å². The van der Waals surface area contributed by atoms with Crippen LogP contribution in [-0.2, 0) is 42.6 Å². The van der Waals surface area contributed by atoms with Gasteiger partial charge in [0.15, 0.2) is 12.2 Å². The molecule has 0 amide bonds. The van der Waals surface area contributed by atoms with Crippen molar-refractivity contribution in [2.75, 3.05) is 59.5 Å². The first-order chi connectivity index (χ1) is 13.6. The molecular weight excluding hydrogens is 384 g/mol. The second-order valence-corrected chi connectivity index (χ2v) is 6.37. The second-order valence-electron chi connectivity index (χ2n) is 6.37. The number of carbonyl (C=O) groups is 3. The smallest absolute Gasteiger partial charge is 0.434 e. The van der Waals surface area contributed by atoms with Crippen molar-refractivity contribution in [3.05, 3.63) is 0 Å². The van der Waals surface area contributed by atoms with E-state index in [9.17, 15) is 14.4 Å². The maximum Gasteiger partial charge on any atom is 0.508 e. The van der Waals surface area contributed by atoms with Gasteiger partial charge in [0.05, 0.1) is 39.0 Å². The Bertz CT molecular complexity index is 542. The van der Waals surface area contributed by atoms with Crippen LogP contribution < -0.4 is 0 Å². The first-order valence-corrected chi connectivity index (χ1v) is 8.82. The van der Waals surface area contributed by atoms with E-state index in [4.69, 9.17) is 37.9 Å². The van der Waals surface area contributed by atoms with Gasteiger partial charge in [0.25, 0.3) is 0 Å². The summed E-state index contributed by atoms with van der Waals surface area (Å²) in [6.07, 6.45) is -3.56. The molecule has 0 aromatic rings. The highest BCUT2D eigenvalue weighted by Crippen LogP contribution is 2.11. The molecule has 0 radical (unpaired) electrons. The minimum absolute atomic E-state index is 0.0708. The van der Waals surface area contributed by atoms with Gasteiger partial charge >= 0.3 is 18.5 Å². The Morgan fingerprint density at radius 2 is 1.25 bits per heavy atom. The zero-order valence-corrected chi connectivity index (χ0v) is 15.1. The van der Waals surface area contributed by atoms with Gasteiger partial charge in [-0.25, -0.2) is 14.4 Å². The molecule has 0 aromatic heterocycles. The monoisotopic (exact) mass is 406 g/mol. The average Bonchev–Trinajstić information content (AvgIpc) is 3.29. The molecule has 0 bridgehead atoms. The lowest BCUT2D eigenvalue weighted by atomic mass is 10.2. The normalized spacial score (nSPS) is 25.9. The number of rotatable bonds is 11. The van der Waals surface area contributed by atoms with E-state index >= 15 is 0 Å². The minimum atomic E-state index is -0.729. The first-order valence-electron chi connectivity index (χ1n) is 8.82. The highest BCUT2D eigenvalue weighted by molar-refractivity contribution is 5.62.